The highest BCUT2D eigenvalue weighted by molar-refractivity contribution is 9.11. The van der Waals surface area contributed by atoms with Gasteiger partial charge in [0.25, 0.3) is 5.91 Å². The number of hydrogen-bond donors (Lipinski definition) is 2. The van der Waals surface area contributed by atoms with Crippen LogP contribution in [0.15, 0.2) is 74.7 Å². The second kappa shape index (κ2) is 9.03. The van der Waals surface area contributed by atoms with Crippen LogP contribution in [0.3, 0.4) is 0 Å². The van der Waals surface area contributed by atoms with E-state index >= 15 is 0 Å². The zero-order chi connectivity index (χ0) is 20.1. The van der Waals surface area contributed by atoms with Crippen molar-refractivity contribution in [2.45, 2.75) is 0 Å². The van der Waals surface area contributed by atoms with Crippen molar-refractivity contribution in [2.75, 3.05) is 7.11 Å². The number of carbonyl (C=O) groups excluding carboxylic acids is 1. The number of phenols is 1. The van der Waals surface area contributed by atoms with Crippen molar-refractivity contribution < 1.29 is 14.6 Å². The van der Waals surface area contributed by atoms with E-state index in [2.05, 4.69) is 42.4 Å². The Morgan fingerprint density at radius 2 is 1.71 bits per heavy atom. The molecule has 0 bridgehead atoms. The number of aromatic hydroxyl groups is 1. The van der Waals surface area contributed by atoms with Crippen LogP contribution in [0.5, 0.6) is 11.5 Å². The van der Waals surface area contributed by atoms with Crippen LogP contribution in [-0.4, -0.2) is 24.3 Å². The van der Waals surface area contributed by atoms with E-state index in [9.17, 15) is 9.90 Å². The number of phenolic OH excluding ortho intramolecular Hbond substituents is 1. The second-order valence-electron chi connectivity index (χ2n) is 5.79. The van der Waals surface area contributed by atoms with Crippen LogP contribution in [0.2, 0.25) is 0 Å². The molecule has 0 spiro atoms. The fourth-order valence-electron chi connectivity index (χ4n) is 2.58. The van der Waals surface area contributed by atoms with Gasteiger partial charge in [0.05, 0.1) is 17.8 Å². The molecule has 3 aromatic carbocycles. The number of halogens is 2. The predicted octanol–water partition coefficient (Wildman–Crippen LogP) is 5.36. The molecule has 0 aliphatic heterocycles. The van der Waals surface area contributed by atoms with E-state index in [-0.39, 0.29) is 11.7 Å². The summed E-state index contributed by atoms with van der Waals surface area (Å²) in [5.74, 6) is 0.106. The van der Waals surface area contributed by atoms with Gasteiger partial charge in [0.2, 0.25) is 0 Å². The van der Waals surface area contributed by atoms with E-state index in [0.717, 1.165) is 11.1 Å². The molecule has 0 atom stereocenters. The highest BCUT2D eigenvalue weighted by Gasteiger charge is 2.14. The lowest BCUT2D eigenvalue weighted by atomic mass is 10.0. The van der Waals surface area contributed by atoms with E-state index in [1.807, 2.05) is 42.5 Å². The summed E-state index contributed by atoms with van der Waals surface area (Å²) in [5.41, 5.74) is 5.69. The van der Waals surface area contributed by atoms with Gasteiger partial charge >= 0.3 is 0 Å². The minimum Gasteiger partial charge on any atom is -0.505 e. The number of benzene rings is 3. The first-order valence-corrected chi connectivity index (χ1v) is 9.83. The average Bonchev–Trinajstić information content (AvgIpc) is 2.73. The number of nitrogens with zero attached hydrogens (tertiary/aromatic N) is 1. The Labute approximate surface area is 179 Å². The van der Waals surface area contributed by atoms with Gasteiger partial charge in [-0.1, -0.05) is 42.5 Å². The summed E-state index contributed by atoms with van der Waals surface area (Å²) in [6.45, 7) is 0. The summed E-state index contributed by atoms with van der Waals surface area (Å²) in [6.07, 6.45) is 1.45. The van der Waals surface area contributed by atoms with Crippen molar-refractivity contribution in [1.82, 2.24) is 5.43 Å². The third-order valence-corrected chi connectivity index (χ3v) is 5.35. The number of ether oxygens (including phenoxy) is 1. The molecule has 5 nitrogen and oxygen atoms in total. The molecule has 0 aromatic heterocycles. The van der Waals surface area contributed by atoms with Gasteiger partial charge in [0, 0.05) is 11.1 Å². The first-order chi connectivity index (χ1) is 13.5. The van der Waals surface area contributed by atoms with E-state index in [1.54, 1.807) is 18.2 Å². The molecule has 142 valence electrons. The predicted molar refractivity (Wildman–Crippen MR) is 117 cm³/mol. The Bertz CT molecular complexity index is 1020. The minimum absolute atomic E-state index is 0.0246. The Morgan fingerprint density at radius 1 is 1.07 bits per heavy atom. The van der Waals surface area contributed by atoms with Gasteiger partial charge in [0.1, 0.15) is 16.0 Å². The molecule has 2 N–H and O–H groups in total. The molecule has 0 unspecified atom stereocenters. The first kappa shape index (κ1) is 20.1. The standard InChI is InChI=1S/C21H16Br2N2O3/c1-28-20-16(11-17(22)19(26)18(20)23)12-24-25-21(27)15-9-7-14(8-10-15)13-5-3-2-4-6-13/h2-12,26H,1H3,(H,25,27)/b24-12+. The van der Waals surface area contributed by atoms with Crippen molar-refractivity contribution in [2.24, 2.45) is 5.10 Å². The SMILES string of the molecule is COc1c(/C=N/NC(=O)c2ccc(-c3ccccc3)cc2)cc(Br)c(O)c1Br. The fraction of sp³-hybridized carbons (Fsp3) is 0.0476. The van der Waals surface area contributed by atoms with Gasteiger partial charge in [-0.3, -0.25) is 4.79 Å². The summed E-state index contributed by atoms with van der Waals surface area (Å²) < 4.78 is 6.15. The number of hydrazone groups is 1. The zero-order valence-corrected chi connectivity index (χ0v) is 18.0. The maximum absolute atomic E-state index is 12.3. The minimum atomic E-state index is -0.327. The van der Waals surface area contributed by atoms with Crippen molar-refractivity contribution in [3.05, 3.63) is 80.7 Å². The van der Waals surface area contributed by atoms with Crippen LogP contribution >= 0.6 is 31.9 Å². The molecule has 1 amide bonds. The van der Waals surface area contributed by atoms with Crippen molar-refractivity contribution in [3.63, 3.8) is 0 Å². The molecule has 0 saturated carbocycles. The normalized spacial score (nSPS) is 10.8. The molecule has 0 heterocycles. The van der Waals surface area contributed by atoms with Crippen LogP contribution < -0.4 is 10.2 Å². The second-order valence-corrected chi connectivity index (χ2v) is 7.43. The fourth-order valence-corrected chi connectivity index (χ4v) is 3.90. The third kappa shape index (κ3) is 4.43. The number of hydrogen-bond acceptors (Lipinski definition) is 4. The van der Waals surface area contributed by atoms with E-state index < -0.39 is 0 Å². The van der Waals surface area contributed by atoms with E-state index in [1.165, 1.54) is 13.3 Å². The molecule has 3 rings (SSSR count). The Hall–Kier alpha value is -2.64. The highest BCUT2D eigenvalue weighted by Crippen LogP contribution is 2.41. The lowest BCUT2D eigenvalue weighted by Gasteiger charge is -2.10. The molecule has 0 aliphatic rings. The van der Waals surface area contributed by atoms with Crippen molar-refractivity contribution in [1.29, 1.82) is 0 Å². The summed E-state index contributed by atoms with van der Waals surface area (Å²) in [4.78, 5) is 12.3. The molecule has 7 heteroatoms. The summed E-state index contributed by atoms with van der Waals surface area (Å²) in [7, 11) is 1.48. The topological polar surface area (TPSA) is 70.9 Å². The van der Waals surface area contributed by atoms with Crippen molar-refractivity contribution >= 4 is 44.0 Å². The average molecular weight is 504 g/mol. The highest BCUT2D eigenvalue weighted by atomic mass is 79.9. The Kier molecular flexibility index (Phi) is 6.49. The molecule has 0 fully saturated rings. The van der Waals surface area contributed by atoms with Crippen LogP contribution in [0.25, 0.3) is 11.1 Å². The van der Waals surface area contributed by atoms with Crippen molar-refractivity contribution in [3.8, 4) is 22.6 Å². The lowest BCUT2D eigenvalue weighted by Crippen LogP contribution is -2.17. The monoisotopic (exact) mass is 502 g/mol. The quantitative estimate of drug-likeness (QED) is 0.364. The van der Waals surface area contributed by atoms with E-state index in [4.69, 9.17) is 4.74 Å². The molecular weight excluding hydrogens is 488 g/mol. The van der Waals surface area contributed by atoms with Gasteiger partial charge in [0.15, 0.2) is 0 Å². The number of nitrogens with one attached hydrogen (secondary N) is 1. The molecular formula is C21H16Br2N2O3. The van der Waals surface area contributed by atoms with Gasteiger partial charge in [-0.2, -0.15) is 5.10 Å². The summed E-state index contributed by atoms with van der Waals surface area (Å²) in [6, 6.07) is 18.9. The molecule has 0 aliphatic carbocycles. The van der Waals surface area contributed by atoms with Gasteiger partial charge in [-0.15, -0.1) is 0 Å². The largest absolute Gasteiger partial charge is 0.505 e. The molecule has 28 heavy (non-hydrogen) atoms. The number of methoxy groups -OCH3 is 1. The molecule has 0 saturated heterocycles. The number of carbonyl (C=O) groups is 1. The Balaban J connectivity index is 1.72. The number of amides is 1. The van der Waals surface area contributed by atoms with Crippen LogP contribution in [0.1, 0.15) is 15.9 Å². The lowest BCUT2D eigenvalue weighted by molar-refractivity contribution is 0.0955. The van der Waals surface area contributed by atoms with Crippen LogP contribution in [0.4, 0.5) is 0 Å². The van der Waals surface area contributed by atoms with Gasteiger partial charge in [-0.25, -0.2) is 5.43 Å². The Morgan fingerprint density at radius 3 is 2.36 bits per heavy atom. The smallest absolute Gasteiger partial charge is 0.271 e. The van der Waals surface area contributed by atoms with E-state index in [0.29, 0.717) is 25.8 Å². The van der Waals surface area contributed by atoms with Crippen LogP contribution in [0, 0.1) is 0 Å². The number of rotatable bonds is 5. The maximum Gasteiger partial charge on any atom is 0.271 e. The van der Waals surface area contributed by atoms with Gasteiger partial charge < -0.3 is 9.84 Å². The third-order valence-electron chi connectivity index (χ3n) is 4.01. The first-order valence-electron chi connectivity index (χ1n) is 8.25. The van der Waals surface area contributed by atoms with Gasteiger partial charge in [-0.05, 0) is 61.2 Å². The molecule has 3 aromatic rings. The maximum atomic E-state index is 12.3. The summed E-state index contributed by atoms with van der Waals surface area (Å²) >= 11 is 6.53. The molecule has 0 radical (unpaired) electrons. The zero-order valence-electron chi connectivity index (χ0n) is 14.8. The van der Waals surface area contributed by atoms with Crippen LogP contribution in [-0.2, 0) is 0 Å². The summed E-state index contributed by atoms with van der Waals surface area (Å²) in [5, 5.41) is 13.9.